The van der Waals surface area contributed by atoms with Crippen molar-refractivity contribution >= 4 is 8.07 Å². The van der Waals surface area contributed by atoms with Gasteiger partial charge in [0.1, 0.15) is 14.2 Å². The number of hydrogen-bond donors (Lipinski definition) is 1. The third-order valence-corrected chi connectivity index (χ3v) is 10.0. The van der Waals surface area contributed by atoms with E-state index in [0.717, 1.165) is 0 Å². The van der Waals surface area contributed by atoms with E-state index in [9.17, 15) is 5.11 Å². The molecule has 0 aliphatic rings. The van der Waals surface area contributed by atoms with Gasteiger partial charge in [-0.15, -0.1) is 12.1 Å². The minimum absolute atomic E-state index is 0.546. The largest absolute Gasteiger partial charge is 0.380 e. The molecule has 0 aliphatic heterocycles. The summed E-state index contributed by atoms with van der Waals surface area (Å²) in [4.78, 5) is 0. The first-order chi connectivity index (χ1) is 7.78. The summed E-state index contributed by atoms with van der Waals surface area (Å²) >= 11 is 0. The number of hydrogen-bond acceptors (Lipinski definition) is 1. The monoisotopic (exact) mass is 252 g/mol. The van der Waals surface area contributed by atoms with Crippen molar-refractivity contribution in [2.75, 3.05) is 0 Å². The fourth-order valence-corrected chi connectivity index (χ4v) is 8.14. The maximum Gasteiger partial charge on any atom is 0.146 e. The Hall–Kier alpha value is -0.523. The highest BCUT2D eigenvalue weighted by Gasteiger charge is 2.41. The topological polar surface area (TPSA) is 20.2 Å². The molecule has 0 aromatic rings. The average Bonchev–Trinajstić information content (AvgIpc) is 2.17. The van der Waals surface area contributed by atoms with Gasteiger partial charge in [-0.25, -0.2) is 0 Å². The van der Waals surface area contributed by atoms with Crippen LogP contribution in [-0.4, -0.2) is 19.3 Å². The van der Waals surface area contributed by atoms with Crippen molar-refractivity contribution in [2.45, 2.75) is 70.7 Å². The third-order valence-electron chi connectivity index (χ3n) is 3.71. The van der Waals surface area contributed by atoms with Crippen LogP contribution in [-0.2, 0) is 0 Å². The minimum Gasteiger partial charge on any atom is -0.380 e. The van der Waals surface area contributed by atoms with Crippen LogP contribution in [0.1, 0.15) is 48.0 Å². The number of aliphatic hydroxyl groups is 1. The first-order valence-corrected chi connectivity index (χ1v) is 8.83. The van der Waals surface area contributed by atoms with Gasteiger partial charge in [0.25, 0.3) is 0 Å². The standard InChI is InChI=1S/C15H28OSi/c1-8-9-15(16)10-11-17(12(2)3,13(4)5)14(6)7/h8,12-16H,1,9H2,2-7H3. The van der Waals surface area contributed by atoms with E-state index in [1.807, 2.05) is 0 Å². The summed E-state index contributed by atoms with van der Waals surface area (Å²) in [5.41, 5.74) is 5.36. The Balaban J connectivity index is 5.25. The van der Waals surface area contributed by atoms with Gasteiger partial charge in [0.2, 0.25) is 0 Å². The van der Waals surface area contributed by atoms with E-state index in [1.54, 1.807) is 6.08 Å². The zero-order valence-corrected chi connectivity index (χ0v) is 13.2. The normalized spacial score (nSPS) is 13.8. The first kappa shape index (κ1) is 16.5. The summed E-state index contributed by atoms with van der Waals surface area (Å²) in [5, 5.41) is 9.74. The Bertz CT molecular complexity index is 272. The highest BCUT2D eigenvalue weighted by molar-refractivity contribution is 6.90. The van der Waals surface area contributed by atoms with Gasteiger partial charge in [-0.05, 0) is 16.6 Å². The van der Waals surface area contributed by atoms with E-state index < -0.39 is 14.2 Å². The molecule has 1 unspecified atom stereocenters. The lowest BCUT2D eigenvalue weighted by molar-refractivity contribution is 0.236. The molecule has 0 saturated carbocycles. The second kappa shape index (κ2) is 7.03. The number of rotatable bonds is 5. The predicted octanol–water partition coefficient (Wildman–Crippen LogP) is 4.14. The molecule has 0 bridgehead atoms. The molecule has 0 aromatic carbocycles. The molecule has 0 fully saturated rings. The van der Waals surface area contributed by atoms with Crippen molar-refractivity contribution in [1.29, 1.82) is 0 Å². The van der Waals surface area contributed by atoms with Gasteiger partial charge in [-0.3, -0.25) is 0 Å². The maximum atomic E-state index is 9.74. The second-order valence-electron chi connectivity index (χ2n) is 5.71. The lowest BCUT2D eigenvalue weighted by Gasteiger charge is -2.38. The van der Waals surface area contributed by atoms with E-state index in [-0.39, 0.29) is 0 Å². The lowest BCUT2D eigenvalue weighted by Crippen LogP contribution is -2.43. The van der Waals surface area contributed by atoms with Crippen LogP contribution in [0, 0.1) is 11.5 Å². The zero-order chi connectivity index (χ0) is 13.6. The Labute approximate surface area is 108 Å². The maximum absolute atomic E-state index is 9.74. The van der Waals surface area contributed by atoms with Crippen molar-refractivity contribution in [3.05, 3.63) is 12.7 Å². The molecule has 2 heteroatoms. The van der Waals surface area contributed by atoms with Gasteiger partial charge < -0.3 is 5.11 Å². The van der Waals surface area contributed by atoms with E-state index >= 15 is 0 Å². The molecule has 1 N–H and O–H groups in total. The van der Waals surface area contributed by atoms with Crippen LogP contribution >= 0.6 is 0 Å². The van der Waals surface area contributed by atoms with Crippen LogP contribution in [0.3, 0.4) is 0 Å². The molecule has 0 rings (SSSR count). The van der Waals surface area contributed by atoms with E-state index in [1.165, 1.54) is 0 Å². The highest BCUT2D eigenvalue weighted by atomic mass is 28.3. The summed E-state index contributed by atoms with van der Waals surface area (Å²) < 4.78 is 0. The first-order valence-electron chi connectivity index (χ1n) is 6.60. The van der Waals surface area contributed by atoms with Crippen molar-refractivity contribution in [2.24, 2.45) is 0 Å². The third kappa shape index (κ3) is 4.01. The molecule has 0 aromatic heterocycles. The Kier molecular flexibility index (Phi) is 6.82. The van der Waals surface area contributed by atoms with Gasteiger partial charge in [-0.2, -0.15) is 0 Å². The van der Waals surface area contributed by atoms with Crippen LogP contribution in [0.4, 0.5) is 0 Å². The van der Waals surface area contributed by atoms with Gasteiger partial charge in [0.15, 0.2) is 0 Å². The lowest BCUT2D eigenvalue weighted by atomic mass is 10.3. The predicted molar refractivity (Wildman–Crippen MR) is 79.6 cm³/mol. The molecule has 0 heterocycles. The summed E-state index contributed by atoms with van der Waals surface area (Å²) in [6.07, 6.45) is 1.74. The molecule has 17 heavy (non-hydrogen) atoms. The molecule has 0 radical (unpaired) electrons. The van der Waals surface area contributed by atoms with E-state index in [2.05, 4.69) is 59.6 Å². The molecular formula is C15H28OSi. The fraction of sp³-hybridized carbons (Fsp3) is 0.733. The highest BCUT2D eigenvalue weighted by Crippen LogP contribution is 2.40. The summed E-state index contributed by atoms with van der Waals surface area (Å²) in [7, 11) is -1.67. The number of aliphatic hydroxyl groups excluding tert-OH is 1. The molecule has 0 spiro atoms. The quantitative estimate of drug-likeness (QED) is 0.443. The van der Waals surface area contributed by atoms with Crippen LogP contribution < -0.4 is 0 Å². The van der Waals surface area contributed by atoms with Crippen molar-refractivity contribution in [3.8, 4) is 11.5 Å². The van der Waals surface area contributed by atoms with Gasteiger partial charge in [-0.1, -0.05) is 53.5 Å². The summed E-state index contributed by atoms with van der Waals surface area (Å²) in [6, 6.07) is 0. The van der Waals surface area contributed by atoms with Gasteiger partial charge >= 0.3 is 0 Å². The van der Waals surface area contributed by atoms with Crippen molar-refractivity contribution in [3.63, 3.8) is 0 Å². The summed E-state index contributed by atoms with van der Waals surface area (Å²) in [6.45, 7) is 17.3. The Morgan fingerprint density at radius 3 is 1.76 bits per heavy atom. The van der Waals surface area contributed by atoms with Gasteiger partial charge in [0, 0.05) is 6.42 Å². The molecule has 0 saturated heterocycles. The van der Waals surface area contributed by atoms with Crippen LogP contribution in [0.15, 0.2) is 12.7 Å². The molecule has 0 amide bonds. The average molecular weight is 252 g/mol. The van der Waals surface area contributed by atoms with Crippen LogP contribution in [0.25, 0.3) is 0 Å². The minimum atomic E-state index is -1.67. The van der Waals surface area contributed by atoms with Crippen LogP contribution in [0.5, 0.6) is 0 Å². The van der Waals surface area contributed by atoms with E-state index in [0.29, 0.717) is 23.0 Å². The smallest absolute Gasteiger partial charge is 0.146 e. The fourth-order valence-electron chi connectivity index (χ4n) is 2.86. The molecule has 1 nitrogen and oxygen atoms in total. The molecular weight excluding hydrogens is 224 g/mol. The van der Waals surface area contributed by atoms with Crippen LogP contribution in [0.2, 0.25) is 16.6 Å². The Morgan fingerprint density at radius 1 is 1.06 bits per heavy atom. The van der Waals surface area contributed by atoms with Crippen molar-refractivity contribution < 1.29 is 5.11 Å². The van der Waals surface area contributed by atoms with Gasteiger partial charge in [0.05, 0.1) is 0 Å². The molecule has 0 aliphatic carbocycles. The molecule has 98 valence electrons. The SMILES string of the molecule is C=CCC(O)C#C[Si](C(C)C)(C(C)C)C(C)C. The second-order valence-corrected chi connectivity index (χ2v) is 11.3. The van der Waals surface area contributed by atoms with Crippen molar-refractivity contribution in [1.82, 2.24) is 0 Å². The summed E-state index contributed by atoms with van der Waals surface area (Å²) in [5.74, 6) is 3.06. The molecule has 1 atom stereocenters. The zero-order valence-electron chi connectivity index (χ0n) is 12.2. The Morgan fingerprint density at radius 2 is 1.47 bits per heavy atom. The van der Waals surface area contributed by atoms with E-state index in [4.69, 9.17) is 0 Å².